The van der Waals surface area contributed by atoms with Gasteiger partial charge in [-0.3, -0.25) is 0 Å². The van der Waals surface area contributed by atoms with Gasteiger partial charge in [-0.25, -0.2) is 13.1 Å². The van der Waals surface area contributed by atoms with E-state index in [-0.39, 0.29) is 23.6 Å². The standard InChI is InChI=1S/C22H27Cl3N2O2S/c1-15(2)12-26-30(28,29)14-16-3-10-22(20-9-6-18(24)11-21(20)25)27(13-16)19-7-4-17(23)5-8-19/h4-9,11,15-16,22,26H,3,10,12-14H2,1-2H3/t16-,22+/m0/s1. The molecular formula is C22H27Cl3N2O2S. The molecule has 1 N–H and O–H groups in total. The average Bonchev–Trinajstić information content (AvgIpc) is 2.67. The highest BCUT2D eigenvalue weighted by molar-refractivity contribution is 7.89. The second kappa shape index (κ2) is 10.1. The summed E-state index contributed by atoms with van der Waals surface area (Å²) >= 11 is 18.7. The van der Waals surface area contributed by atoms with Crippen LogP contribution in [0.1, 0.15) is 38.3 Å². The van der Waals surface area contributed by atoms with Crippen molar-refractivity contribution < 1.29 is 8.42 Å². The highest BCUT2D eigenvalue weighted by Crippen LogP contribution is 2.40. The number of sulfonamides is 1. The van der Waals surface area contributed by atoms with E-state index in [0.717, 1.165) is 24.1 Å². The zero-order valence-corrected chi connectivity index (χ0v) is 20.2. The molecule has 0 amide bonds. The summed E-state index contributed by atoms with van der Waals surface area (Å²) in [6, 6.07) is 13.2. The smallest absolute Gasteiger partial charge is 0.211 e. The highest BCUT2D eigenvalue weighted by atomic mass is 35.5. The van der Waals surface area contributed by atoms with Gasteiger partial charge in [-0.15, -0.1) is 0 Å². The Labute approximate surface area is 194 Å². The van der Waals surface area contributed by atoms with E-state index < -0.39 is 10.0 Å². The van der Waals surface area contributed by atoms with E-state index in [1.54, 1.807) is 6.07 Å². The summed E-state index contributed by atoms with van der Waals surface area (Å²) in [5.41, 5.74) is 1.99. The fraction of sp³-hybridized carbons (Fsp3) is 0.455. The molecule has 0 unspecified atom stereocenters. The van der Waals surface area contributed by atoms with Gasteiger partial charge in [0.25, 0.3) is 0 Å². The van der Waals surface area contributed by atoms with Crippen LogP contribution in [0, 0.1) is 11.8 Å². The predicted octanol–water partition coefficient (Wildman–Crippen LogP) is 6.18. The maximum absolute atomic E-state index is 12.6. The van der Waals surface area contributed by atoms with Crippen LogP contribution in [-0.2, 0) is 10.0 Å². The largest absolute Gasteiger partial charge is 0.364 e. The van der Waals surface area contributed by atoms with Gasteiger partial charge in [0.1, 0.15) is 0 Å². The summed E-state index contributed by atoms with van der Waals surface area (Å²) in [4.78, 5) is 2.23. The Morgan fingerprint density at radius 1 is 1.03 bits per heavy atom. The maximum Gasteiger partial charge on any atom is 0.211 e. The fourth-order valence-electron chi connectivity index (χ4n) is 3.86. The molecule has 0 spiro atoms. The van der Waals surface area contributed by atoms with Gasteiger partial charge in [0, 0.05) is 33.8 Å². The third kappa shape index (κ3) is 6.27. The van der Waals surface area contributed by atoms with Gasteiger partial charge >= 0.3 is 0 Å². The molecule has 1 fully saturated rings. The van der Waals surface area contributed by atoms with Gasteiger partial charge in [-0.05, 0) is 66.6 Å². The number of hydrogen-bond donors (Lipinski definition) is 1. The van der Waals surface area contributed by atoms with Crippen LogP contribution in [0.4, 0.5) is 5.69 Å². The molecule has 0 radical (unpaired) electrons. The van der Waals surface area contributed by atoms with Gasteiger partial charge in [0.2, 0.25) is 10.0 Å². The van der Waals surface area contributed by atoms with Crippen LogP contribution in [0.5, 0.6) is 0 Å². The Hall–Kier alpha value is -0.980. The highest BCUT2D eigenvalue weighted by Gasteiger charge is 2.33. The van der Waals surface area contributed by atoms with E-state index in [1.165, 1.54) is 0 Å². The number of piperidine rings is 1. The Balaban J connectivity index is 1.85. The number of benzene rings is 2. The predicted molar refractivity (Wildman–Crippen MR) is 127 cm³/mol. The summed E-state index contributed by atoms with van der Waals surface area (Å²) in [5, 5.41) is 1.88. The number of nitrogens with zero attached hydrogens (tertiary/aromatic N) is 1. The quantitative estimate of drug-likeness (QED) is 0.505. The van der Waals surface area contributed by atoms with Crippen LogP contribution >= 0.6 is 34.8 Å². The lowest BCUT2D eigenvalue weighted by Crippen LogP contribution is -2.42. The Morgan fingerprint density at radius 3 is 2.33 bits per heavy atom. The van der Waals surface area contributed by atoms with Crippen molar-refractivity contribution in [3.63, 3.8) is 0 Å². The normalized spacial score (nSPS) is 20.0. The Morgan fingerprint density at radius 2 is 1.70 bits per heavy atom. The van der Waals surface area contributed by atoms with Crippen LogP contribution < -0.4 is 9.62 Å². The van der Waals surface area contributed by atoms with Crippen LogP contribution in [0.3, 0.4) is 0 Å². The zero-order valence-electron chi connectivity index (χ0n) is 17.1. The van der Waals surface area contributed by atoms with Crippen molar-refractivity contribution in [3.05, 3.63) is 63.1 Å². The molecule has 2 atom stereocenters. The zero-order chi connectivity index (χ0) is 21.9. The molecule has 164 valence electrons. The average molecular weight is 490 g/mol. The second-order valence-electron chi connectivity index (χ2n) is 8.28. The van der Waals surface area contributed by atoms with E-state index in [4.69, 9.17) is 34.8 Å². The first-order chi connectivity index (χ1) is 14.1. The van der Waals surface area contributed by atoms with E-state index in [9.17, 15) is 8.42 Å². The summed E-state index contributed by atoms with van der Waals surface area (Å²) in [6.45, 7) is 5.06. The monoisotopic (exact) mass is 488 g/mol. The minimum Gasteiger partial charge on any atom is -0.364 e. The third-order valence-corrected chi connectivity index (χ3v) is 7.66. The molecule has 0 aromatic heterocycles. The summed E-state index contributed by atoms with van der Waals surface area (Å²) in [5.74, 6) is 0.408. The number of rotatable bonds is 7. The van der Waals surface area contributed by atoms with Gasteiger partial charge in [0.05, 0.1) is 11.8 Å². The third-order valence-electron chi connectivity index (χ3n) is 5.33. The summed E-state index contributed by atoms with van der Waals surface area (Å²) in [6.07, 6.45) is 1.60. The first-order valence-electron chi connectivity index (χ1n) is 10.1. The molecule has 1 heterocycles. The van der Waals surface area contributed by atoms with Crippen molar-refractivity contribution in [1.29, 1.82) is 0 Å². The molecular weight excluding hydrogens is 463 g/mol. The van der Waals surface area contributed by atoms with Gasteiger partial charge < -0.3 is 4.90 Å². The first-order valence-corrected chi connectivity index (χ1v) is 12.9. The van der Waals surface area contributed by atoms with Crippen molar-refractivity contribution in [3.8, 4) is 0 Å². The van der Waals surface area contributed by atoms with E-state index in [2.05, 4.69) is 9.62 Å². The lowest BCUT2D eigenvalue weighted by atomic mass is 9.89. The molecule has 2 aromatic carbocycles. The van der Waals surface area contributed by atoms with Crippen molar-refractivity contribution >= 4 is 50.5 Å². The molecule has 1 aliphatic heterocycles. The van der Waals surface area contributed by atoms with Crippen molar-refractivity contribution in [2.24, 2.45) is 11.8 Å². The van der Waals surface area contributed by atoms with E-state index in [0.29, 0.717) is 28.2 Å². The van der Waals surface area contributed by atoms with Gasteiger partial charge in [0.15, 0.2) is 0 Å². The molecule has 30 heavy (non-hydrogen) atoms. The second-order valence-corrected chi connectivity index (χ2v) is 11.4. The van der Waals surface area contributed by atoms with Gasteiger partial charge in [-0.1, -0.05) is 54.7 Å². The lowest BCUT2D eigenvalue weighted by molar-refractivity contribution is 0.380. The summed E-state index contributed by atoms with van der Waals surface area (Å²) in [7, 11) is -3.33. The molecule has 4 nitrogen and oxygen atoms in total. The van der Waals surface area contributed by atoms with Crippen molar-refractivity contribution in [2.45, 2.75) is 32.7 Å². The molecule has 1 aliphatic rings. The Bertz CT molecular complexity index is 965. The topological polar surface area (TPSA) is 49.4 Å². The Kier molecular flexibility index (Phi) is 7.97. The van der Waals surface area contributed by atoms with Crippen LogP contribution in [0.25, 0.3) is 0 Å². The van der Waals surface area contributed by atoms with E-state index in [1.807, 2.05) is 50.2 Å². The minimum atomic E-state index is -3.33. The van der Waals surface area contributed by atoms with Crippen molar-refractivity contribution in [2.75, 3.05) is 23.7 Å². The number of hydrogen-bond acceptors (Lipinski definition) is 3. The first kappa shape index (κ1) is 23.7. The number of halogens is 3. The van der Waals surface area contributed by atoms with Gasteiger partial charge in [-0.2, -0.15) is 0 Å². The minimum absolute atomic E-state index is 0.0210. The molecule has 2 aromatic rings. The maximum atomic E-state index is 12.6. The SMILES string of the molecule is CC(C)CNS(=O)(=O)C[C@H]1CC[C@H](c2ccc(Cl)cc2Cl)N(c2ccc(Cl)cc2)C1. The van der Waals surface area contributed by atoms with Crippen LogP contribution in [-0.4, -0.2) is 27.3 Å². The van der Waals surface area contributed by atoms with Crippen molar-refractivity contribution in [1.82, 2.24) is 4.72 Å². The molecule has 8 heteroatoms. The molecule has 0 saturated carbocycles. The molecule has 0 aliphatic carbocycles. The van der Waals surface area contributed by atoms with Crippen LogP contribution in [0.15, 0.2) is 42.5 Å². The molecule has 1 saturated heterocycles. The lowest BCUT2D eigenvalue weighted by Gasteiger charge is -2.42. The van der Waals surface area contributed by atoms with E-state index >= 15 is 0 Å². The number of nitrogens with one attached hydrogen (secondary N) is 1. The molecule has 0 bridgehead atoms. The molecule has 3 rings (SSSR count). The summed E-state index contributed by atoms with van der Waals surface area (Å²) < 4.78 is 27.8. The number of anilines is 1. The fourth-order valence-corrected chi connectivity index (χ4v) is 6.12. The van der Waals surface area contributed by atoms with Crippen LogP contribution in [0.2, 0.25) is 15.1 Å².